The zero-order valence-corrected chi connectivity index (χ0v) is 17.7. The summed E-state index contributed by atoms with van der Waals surface area (Å²) >= 11 is 1.31. The van der Waals surface area contributed by atoms with Crippen molar-refractivity contribution in [3.05, 3.63) is 64.5 Å². The number of anilines is 1. The van der Waals surface area contributed by atoms with Crippen molar-refractivity contribution in [1.82, 2.24) is 4.98 Å². The zero-order chi connectivity index (χ0) is 21.5. The lowest BCUT2D eigenvalue weighted by molar-refractivity contribution is -0.112. The fourth-order valence-corrected chi connectivity index (χ4v) is 3.48. The topological polar surface area (TPSA) is 84.2 Å². The second kappa shape index (κ2) is 9.72. The van der Waals surface area contributed by atoms with E-state index in [0.29, 0.717) is 22.2 Å². The Morgan fingerprint density at radius 1 is 1.17 bits per heavy atom. The number of carbonyl (C=O) groups excluding carboxylic acids is 1. The van der Waals surface area contributed by atoms with Crippen LogP contribution in [0.15, 0.2) is 53.4 Å². The summed E-state index contributed by atoms with van der Waals surface area (Å²) in [5, 5.41) is 14.5. The van der Waals surface area contributed by atoms with E-state index in [4.69, 9.17) is 9.47 Å². The summed E-state index contributed by atoms with van der Waals surface area (Å²) in [6.45, 7) is 2.10. The number of methoxy groups -OCH3 is 2. The molecular formula is C23H21N3O3S. The highest BCUT2D eigenvalue weighted by molar-refractivity contribution is 7.14. The Bertz CT molecular complexity index is 1090. The van der Waals surface area contributed by atoms with E-state index >= 15 is 0 Å². The number of benzene rings is 2. The number of hydrogen-bond acceptors (Lipinski definition) is 6. The SMILES string of the molecule is CCc1ccc(-c2csc(NC(=O)/C(C#N)=C/c3cc(OC)cc(OC)c3)n2)cc1. The van der Waals surface area contributed by atoms with Crippen LogP contribution in [0.3, 0.4) is 0 Å². The van der Waals surface area contributed by atoms with Gasteiger partial charge in [-0.1, -0.05) is 31.2 Å². The van der Waals surface area contributed by atoms with Crippen LogP contribution in [0.5, 0.6) is 11.5 Å². The lowest BCUT2D eigenvalue weighted by atomic mass is 10.1. The number of aromatic nitrogens is 1. The molecule has 152 valence electrons. The molecule has 0 saturated carbocycles. The van der Waals surface area contributed by atoms with Gasteiger partial charge in [0.05, 0.1) is 19.9 Å². The zero-order valence-electron chi connectivity index (χ0n) is 16.9. The molecule has 0 aliphatic rings. The van der Waals surface area contributed by atoms with Gasteiger partial charge in [-0.2, -0.15) is 5.26 Å². The van der Waals surface area contributed by atoms with Crippen molar-refractivity contribution >= 4 is 28.5 Å². The van der Waals surface area contributed by atoms with Crippen LogP contribution >= 0.6 is 11.3 Å². The van der Waals surface area contributed by atoms with Crippen molar-refractivity contribution in [2.24, 2.45) is 0 Å². The minimum Gasteiger partial charge on any atom is -0.497 e. The largest absolute Gasteiger partial charge is 0.497 e. The average molecular weight is 420 g/mol. The smallest absolute Gasteiger partial charge is 0.268 e. The Balaban J connectivity index is 1.78. The van der Waals surface area contributed by atoms with Crippen LogP contribution in [-0.2, 0) is 11.2 Å². The molecular weight excluding hydrogens is 398 g/mol. The molecule has 0 saturated heterocycles. The number of aryl methyl sites for hydroxylation is 1. The fraction of sp³-hybridized carbons (Fsp3) is 0.174. The minimum atomic E-state index is -0.526. The molecule has 1 amide bonds. The molecule has 7 heteroatoms. The van der Waals surface area contributed by atoms with Gasteiger partial charge in [0.15, 0.2) is 5.13 Å². The number of nitriles is 1. The molecule has 1 N–H and O–H groups in total. The van der Waals surface area contributed by atoms with Crippen LogP contribution in [0.4, 0.5) is 5.13 Å². The van der Waals surface area contributed by atoms with Crippen molar-refractivity contribution < 1.29 is 14.3 Å². The van der Waals surface area contributed by atoms with E-state index < -0.39 is 5.91 Å². The van der Waals surface area contributed by atoms with Gasteiger partial charge in [-0.3, -0.25) is 10.1 Å². The van der Waals surface area contributed by atoms with Gasteiger partial charge in [-0.05, 0) is 35.8 Å². The Morgan fingerprint density at radius 3 is 2.40 bits per heavy atom. The first-order chi connectivity index (χ1) is 14.6. The number of carbonyl (C=O) groups is 1. The summed E-state index contributed by atoms with van der Waals surface area (Å²) in [5.41, 5.74) is 3.57. The minimum absolute atomic E-state index is 0.0469. The molecule has 1 heterocycles. The highest BCUT2D eigenvalue weighted by atomic mass is 32.1. The summed E-state index contributed by atoms with van der Waals surface area (Å²) in [4.78, 5) is 17.1. The van der Waals surface area contributed by atoms with Gasteiger partial charge in [-0.25, -0.2) is 4.98 Å². The van der Waals surface area contributed by atoms with E-state index in [1.807, 2.05) is 23.6 Å². The third-order valence-corrected chi connectivity index (χ3v) is 5.19. The maximum absolute atomic E-state index is 12.6. The highest BCUT2D eigenvalue weighted by Crippen LogP contribution is 2.27. The van der Waals surface area contributed by atoms with Crippen LogP contribution in [-0.4, -0.2) is 25.1 Å². The van der Waals surface area contributed by atoms with Gasteiger partial charge in [0.1, 0.15) is 23.1 Å². The average Bonchev–Trinajstić information content (AvgIpc) is 3.25. The Morgan fingerprint density at radius 2 is 1.83 bits per heavy atom. The molecule has 0 atom stereocenters. The Kier molecular flexibility index (Phi) is 6.83. The molecule has 0 radical (unpaired) electrons. The lowest BCUT2D eigenvalue weighted by Crippen LogP contribution is -2.13. The number of ether oxygens (including phenoxy) is 2. The Hall–Kier alpha value is -3.63. The van der Waals surface area contributed by atoms with Crippen molar-refractivity contribution in [3.8, 4) is 28.8 Å². The van der Waals surface area contributed by atoms with Crippen molar-refractivity contribution in [3.63, 3.8) is 0 Å². The number of rotatable bonds is 7. The van der Waals surface area contributed by atoms with Gasteiger partial charge in [0.2, 0.25) is 0 Å². The maximum atomic E-state index is 12.6. The third-order valence-electron chi connectivity index (χ3n) is 4.43. The number of nitrogens with one attached hydrogen (secondary N) is 1. The van der Waals surface area contributed by atoms with E-state index in [1.54, 1.807) is 18.2 Å². The molecule has 1 aromatic heterocycles. The van der Waals surface area contributed by atoms with Crippen LogP contribution in [0.1, 0.15) is 18.1 Å². The van der Waals surface area contributed by atoms with Crippen LogP contribution in [0, 0.1) is 11.3 Å². The predicted molar refractivity (Wildman–Crippen MR) is 119 cm³/mol. The molecule has 0 spiro atoms. The van der Waals surface area contributed by atoms with Gasteiger partial charge < -0.3 is 9.47 Å². The molecule has 30 heavy (non-hydrogen) atoms. The first-order valence-corrected chi connectivity index (χ1v) is 10.1. The molecule has 0 aliphatic heterocycles. The molecule has 3 aromatic rings. The van der Waals surface area contributed by atoms with E-state index in [2.05, 4.69) is 29.4 Å². The molecule has 0 fully saturated rings. The standard InChI is InChI=1S/C23H21N3O3S/c1-4-15-5-7-17(8-6-15)21-14-30-23(25-21)26-22(27)18(13-24)9-16-10-19(28-2)12-20(11-16)29-3/h5-12,14H,4H2,1-3H3,(H,25,26,27)/b18-9+. The van der Waals surface area contributed by atoms with E-state index in [1.165, 1.54) is 37.2 Å². The van der Waals surface area contributed by atoms with Crippen LogP contribution < -0.4 is 14.8 Å². The fourth-order valence-electron chi connectivity index (χ4n) is 2.77. The lowest BCUT2D eigenvalue weighted by Gasteiger charge is -2.06. The van der Waals surface area contributed by atoms with Crippen LogP contribution in [0.2, 0.25) is 0 Å². The van der Waals surface area contributed by atoms with E-state index in [-0.39, 0.29) is 5.57 Å². The maximum Gasteiger partial charge on any atom is 0.268 e. The van der Waals surface area contributed by atoms with E-state index in [0.717, 1.165) is 17.7 Å². The van der Waals surface area contributed by atoms with Gasteiger partial charge in [0.25, 0.3) is 5.91 Å². The molecule has 6 nitrogen and oxygen atoms in total. The van der Waals surface area contributed by atoms with Crippen LogP contribution in [0.25, 0.3) is 17.3 Å². The summed E-state index contributed by atoms with van der Waals surface area (Å²) in [6, 6.07) is 15.2. The van der Waals surface area contributed by atoms with Crippen molar-refractivity contribution in [1.29, 1.82) is 5.26 Å². The second-order valence-corrected chi connectivity index (χ2v) is 7.22. The Labute approximate surface area is 179 Å². The predicted octanol–water partition coefficient (Wildman–Crippen LogP) is 4.94. The summed E-state index contributed by atoms with van der Waals surface area (Å²) in [6.07, 6.45) is 2.46. The monoisotopic (exact) mass is 419 g/mol. The molecule has 2 aromatic carbocycles. The molecule has 0 unspecified atom stereocenters. The summed E-state index contributed by atoms with van der Waals surface area (Å²) in [5.74, 6) is 0.607. The van der Waals surface area contributed by atoms with Gasteiger partial charge in [0, 0.05) is 17.0 Å². The quantitative estimate of drug-likeness (QED) is 0.433. The third kappa shape index (κ3) is 5.04. The number of thiazole rings is 1. The highest BCUT2D eigenvalue weighted by Gasteiger charge is 2.13. The molecule has 3 rings (SSSR count). The first kappa shape index (κ1) is 21.1. The first-order valence-electron chi connectivity index (χ1n) is 9.27. The van der Waals surface area contributed by atoms with Gasteiger partial charge >= 0.3 is 0 Å². The summed E-state index contributed by atoms with van der Waals surface area (Å²) < 4.78 is 10.5. The van der Waals surface area contributed by atoms with E-state index in [9.17, 15) is 10.1 Å². The van der Waals surface area contributed by atoms with Crippen molar-refractivity contribution in [2.45, 2.75) is 13.3 Å². The number of nitrogens with zero attached hydrogens (tertiary/aromatic N) is 2. The normalized spacial score (nSPS) is 10.9. The van der Waals surface area contributed by atoms with Crippen molar-refractivity contribution in [2.75, 3.05) is 19.5 Å². The molecule has 0 bridgehead atoms. The summed E-state index contributed by atoms with van der Waals surface area (Å²) in [7, 11) is 3.08. The number of amides is 1. The van der Waals surface area contributed by atoms with Gasteiger partial charge in [-0.15, -0.1) is 11.3 Å². The number of hydrogen-bond donors (Lipinski definition) is 1. The molecule has 0 aliphatic carbocycles. The second-order valence-electron chi connectivity index (χ2n) is 6.36.